The zero-order chi connectivity index (χ0) is 13.5. The van der Waals surface area contributed by atoms with E-state index in [4.69, 9.17) is 5.11 Å². The van der Waals surface area contributed by atoms with Crippen molar-refractivity contribution in [1.29, 1.82) is 0 Å². The maximum absolute atomic E-state index is 11.9. The Hall–Kier alpha value is -1.84. The van der Waals surface area contributed by atoms with Gasteiger partial charge in [-0.1, -0.05) is 25.1 Å². The van der Waals surface area contributed by atoms with Gasteiger partial charge in [0, 0.05) is 25.6 Å². The van der Waals surface area contributed by atoms with Crippen molar-refractivity contribution >= 4 is 17.6 Å². The van der Waals surface area contributed by atoms with Crippen LogP contribution in [-0.2, 0) is 16.0 Å². The van der Waals surface area contributed by atoms with Gasteiger partial charge in [0.2, 0.25) is 5.91 Å². The largest absolute Gasteiger partial charge is 0.481 e. The maximum atomic E-state index is 11.9. The first kappa shape index (κ1) is 14.2. The summed E-state index contributed by atoms with van der Waals surface area (Å²) < 4.78 is 0. The second-order valence-electron chi connectivity index (χ2n) is 4.18. The van der Waals surface area contributed by atoms with Crippen molar-refractivity contribution in [2.75, 3.05) is 11.9 Å². The summed E-state index contributed by atoms with van der Waals surface area (Å²) in [5, 5.41) is 8.54. The van der Waals surface area contributed by atoms with Crippen molar-refractivity contribution in [2.45, 2.75) is 32.6 Å². The third-order valence-corrected chi connectivity index (χ3v) is 2.89. The molecule has 98 valence electrons. The molecule has 0 radical (unpaired) electrons. The molecule has 0 unspecified atom stereocenters. The van der Waals surface area contributed by atoms with Gasteiger partial charge in [0.05, 0.1) is 0 Å². The van der Waals surface area contributed by atoms with Crippen LogP contribution in [0.25, 0.3) is 0 Å². The molecule has 0 aliphatic rings. The Morgan fingerprint density at radius 2 is 1.89 bits per heavy atom. The molecule has 1 amide bonds. The SMILES string of the molecule is CCc1ccccc1N(C)C(=O)CCCC(=O)O. The van der Waals surface area contributed by atoms with E-state index in [1.165, 1.54) is 0 Å². The van der Waals surface area contributed by atoms with Gasteiger partial charge in [-0.05, 0) is 24.5 Å². The molecule has 0 spiro atoms. The fourth-order valence-electron chi connectivity index (χ4n) is 1.83. The van der Waals surface area contributed by atoms with Crippen LogP contribution >= 0.6 is 0 Å². The molecular formula is C14H19NO3. The molecule has 0 atom stereocenters. The van der Waals surface area contributed by atoms with Gasteiger partial charge >= 0.3 is 5.97 Å². The van der Waals surface area contributed by atoms with E-state index in [0.717, 1.165) is 17.7 Å². The lowest BCUT2D eigenvalue weighted by molar-refractivity contribution is -0.137. The minimum absolute atomic E-state index is 0.0367. The van der Waals surface area contributed by atoms with Crippen LogP contribution in [0.15, 0.2) is 24.3 Å². The number of aliphatic carboxylic acids is 1. The average Bonchev–Trinajstić information content (AvgIpc) is 2.37. The van der Waals surface area contributed by atoms with Gasteiger partial charge in [0.1, 0.15) is 0 Å². The Morgan fingerprint density at radius 3 is 2.50 bits per heavy atom. The van der Waals surface area contributed by atoms with Crippen molar-refractivity contribution < 1.29 is 14.7 Å². The number of nitrogens with zero attached hydrogens (tertiary/aromatic N) is 1. The number of carbonyl (C=O) groups excluding carboxylic acids is 1. The fourth-order valence-corrected chi connectivity index (χ4v) is 1.83. The number of amides is 1. The van der Waals surface area contributed by atoms with Crippen LogP contribution in [0, 0.1) is 0 Å². The van der Waals surface area contributed by atoms with Crippen molar-refractivity contribution in [3.8, 4) is 0 Å². The van der Waals surface area contributed by atoms with Gasteiger partial charge in [0.15, 0.2) is 0 Å². The number of carbonyl (C=O) groups is 2. The highest BCUT2D eigenvalue weighted by atomic mass is 16.4. The number of anilines is 1. The van der Waals surface area contributed by atoms with E-state index in [1.54, 1.807) is 11.9 Å². The summed E-state index contributed by atoms with van der Waals surface area (Å²) in [7, 11) is 1.73. The topological polar surface area (TPSA) is 57.6 Å². The Bertz CT molecular complexity index is 429. The van der Waals surface area contributed by atoms with Crippen LogP contribution in [0.3, 0.4) is 0 Å². The van der Waals surface area contributed by atoms with E-state index in [9.17, 15) is 9.59 Å². The molecule has 0 fully saturated rings. The Balaban J connectivity index is 2.65. The lowest BCUT2D eigenvalue weighted by Gasteiger charge is -2.20. The Morgan fingerprint density at radius 1 is 1.22 bits per heavy atom. The van der Waals surface area contributed by atoms with Crippen molar-refractivity contribution in [3.05, 3.63) is 29.8 Å². The summed E-state index contributed by atoms with van der Waals surface area (Å²) >= 11 is 0. The molecule has 0 bridgehead atoms. The van der Waals surface area contributed by atoms with Gasteiger partial charge in [-0.2, -0.15) is 0 Å². The highest BCUT2D eigenvalue weighted by Gasteiger charge is 2.13. The van der Waals surface area contributed by atoms with Gasteiger partial charge in [-0.15, -0.1) is 0 Å². The number of carboxylic acids is 1. The van der Waals surface area contributed by atoms with Crippen LogP contribution in [0.2, 0.25) is 0 Å². The molecule has 18 heavy (non-hydrogen) atoms. The van der Waals surface area contributed by atoms with Gasteiger partial charge in [0.25, 0.3) is 0 Å². The van der Waals surface area contributed by atoms with Gasteiger partial charge < -0.3 is 10.0 Å². The van der Waals surface area contributed by atoms with E-state index in [0.29, 0.717) is 6.42 Å². The first-order valence-corrected chi connectivity index (χ1v) is 6.12. The third-order valence-electron chi connectivity index (χ3n) is 2.89. The number of aryl methyl sites for hydroxylation is 1. The van der Waals surface area contributed by atoms with Gasteiger partial charge in [-0.3, -0.25) is 9.59 Å². The van der Waals surface area contributed by atoms with E-state index in [-0.39, 0.29) is 18.7 Å². The Kier molecular flexibility index (Phi) is 5.36. The molecule has 1 N–H and O–H groups in total. The maximum Gasteiger partial charge on any atom is 0.303 e. The average molecular weight is 249 g/mol. The lowest BCUT2D eigenvalue weighted by atomic mass is 10.1. The molecule has 0 saturated carbocycles. The molecule has 1 aromatic carbocycles. The smallest absolute Gasteiger partial charge is 0.303 e. The predicted molar refractivity (Wildman–Crippen MR) is 70.7 cm³/mol. The molecule has 0 aliphatic carbocycles. The normalized spacial score (nSPS) is 10.1. The van der Waals surface area contributed by atoms with Crippen LogP contribution in [-0.4, -0.2) is 24.0 Å². The van der Waals surface area contributed by atoms with Crippen LogP contribution < -0.4 is 4.90 Å². The standard InChI is InChI=1S/C14H19NO3/c1-3-11-7-4-5-8-12(11)15(2)13(16)9-6-10-14(17)18/h4-5,7-8H,3,6,9-10H2,1-2H3,(H,17,18). The minimum atomic E-state index is -0.862. The molecule has 0 saturated heterocycles. The first-order valence-electron chi connectivity index (χ1n) is 6.12. The second-order valence-corrected chi connectivity index (χ2v) is 4.18. The number of carboxylic acid groups (broad SMARTS) is 1. The molecule has 0 heterocycles. The van der Waals surface area contributed by atoms with Crippen LogP contribution in [0.4, 0.5) is 5.69 Å². The summed E-state index contributed by atoms with van der Waals surface area (Å²) in [6, 6.07) is 7.75. The molecule has 4 heteroatoms. The van der Waals surface area contributed by atoms with E-state index < -0.39 is 5.97 Å². The first-order chi connectivity index (χ1) is 8.56. The summed E-state index contributed by atoms with van der Waals surface area (Å²) in [5.41, 5.74) is 2.02. The van der Waals surface area contributed by atoms with E-state index in [2.05, 4.69) is 0 Å². The number of hydrogen-bond acceptors (Lipinski definition) is 2. The van der Waals surface area contributed by atoms with Crippen LogP contribution in [0.1, 0.15) is 31.7 Å². The van der Waals surface area contributed by atoms with E-state index >= 15 is 0 Å². The van der Waals surface area contributed by atoms with Crippen molar-refractivity contribution in [2.24, 2.45) is 0 Å². The summed E-state index contributed by atoms with van der Waals surface area (Å²) in [6.45, 7) is 2.04. The summed E-state index contributed by atoms with van der Waals surface area (Å²) in [4.78, 5) is 23.9. The second kappa shape index (κ2) is 6.79. The van der Waals surface area contributed by atoms with Crippen molar-refractivity contribution in [3.63, 3.8) is 0 Å². The highest BCUT2D eigenvalue weighted by Crippen LogP contribution is 2.20. The van der Waals surface area contributed by atoms with Crippen molar-refractivity contribution in [1.82, 2.24) is 0 Å². The summed E-state index contributed by atoms with van der Waals surface area (Å²) in [6.07, 6.45) is 1.55. The third kappa shape index (κ3) is 3.87. The van der Waals surface area contributed by atoms with Gasteiger partial charge in [-0.25, -0.2) is 0 Å². The fraction of sp³-hybridized carbons (Fsp3) is 0.429. The predicted octanol–water partition coefficient (Wildman–Crippen LogP) is 2.47. The highest BCUT2D eigenvalue weighted by molar-refractivity contribution is 5.93. The minimum Gasteiger partial charge on any atom is -0.481 e. The van der Waals surface area contributed by atoms with Crippen LogP contribution in [0.5, 0.6) is 0 Å². The lowest BCUT2D eigenvalue weighted by Crippen LogP contribution is -2.27. The molecule has 0 aliphatic heterocycles. The monoisotopic (exact) mass is 249 g/mol. The quantitative estimate of drug-likeness (QED) is 0.842. The summed E-state index contributed by atoms with van der Waals surface area (Å²) in [5.74, 6) is -0.906. The zero-order valence-corrected chi connectivity index (χ0v) is 10.8. The molecule has 1 rings (SSSR count). The van der Waals surface area contributed by atoms with E-state index in [1.807, 2.05) is 31.2 Å². The molecule has 0 aromatic heterocycles. The number of benzene rings is 1. The zero-order valence-electron chi connectivity index (χ0n) is 10.8. The molecule has 1 aromatic rings. The number of hydrogen-bond donors (Lipinski definition) is 1. The Labute approximate surface area is 107 Å². The number of rotatable bonds is 6. The molecular weight excluding hydrogens is 230 g/mol. The number of para-hydroxylation sites is 1. The molecule has 4 nitrogen and oxygen atoms in total.